The minimum absolute atomic E-state index is 1.31. The fourth-order valence-electron chi connectivity index (χ4n) is 0.104. The van der Waals surface area contributed by atoms with Crippen molar-refractivity contribution in [1.29, 1.82) is 0 Å². The van der Waals surface area contributed by atoms with Gasteiger partial charge in [-0.3, -0.25) is 0 Å². The highest BCUT2D eigenvalue weighted by Gasteiger charge is 1.51. The van der Waals surface area contributed by atoms with Crippen molar-refractivity contribution in [3.63, 3.8) is 0 Å². The molecule has 2 heteroatoms. The molecule has 0 radical (unpaired) electrons. The smallest absolute Gasteiger partial charge is 0.173 e. The lowest BCUT2D eigenvalue weighted by molar-refractivity contribution is 0.423. The van der Waals surface area contributed by atoms with E-state index in [1.165, 1.54) is 19.7 Å². The SMILES string of the molecule is C=CN=COC. The van der Waals surface area contributed by atoms with Gasteiger partial charge in [-0.1, -0.05) is 6.58 Å². The summed E-state index contributed by atoms with van der Waals surface area (Å²) in [6, 6.07) is 0. The summed E-state index contributed by atoms with van der Waals surface area (Å²) in [6.45, 7) is 3.32. The largest absolute Gasteiger partial charge is 0.486 e. The van der Waals surface area contributed by atoms with Crippen molar-refractivity contribution in [1.82, 2.24) is 0 Å². The Bertz CT molecular complexity index is 58.6. The van der Waals surface area contributed by atoms with Gasteiger partial charge in [-0.2, -0.15) is 0 Å². The molecule has 0 aromatic heterocycles. The molecule has 0 aliphatic heterocycles. The molecule has 0 fully saturated rings. The zero-order valence-corrected chi connectivity index (χ0v) is 3.72. The number of nitrogens with zero attached hydrogens (tertiary/aromatic N) is 1. The molecule has 0 aliphatic rings. The highest BCUT2D eigenvalue weighted by atomic mass is 16.5. The number of aliphatic imine (C=N–C) groups is 1. The maximum absolute atomic E-state index is 4.42. The number of hydrogen-bond donors (Lipinski definition) is 0. The Labute approximate surface area is 37.2 Å². The second kappa shape index (κ2) is 4.21. The van der Waals surface area contributed by atoms with Gasteiger partial charge in [-0.25, -0.2) is 4.99 Å². The van der Waals surface area contributed by atoms with Gasteiger partial charge in [0.2, 0.25) is 0 Å². The predicted octanol–water partition coefficient (Wildman–Crippen LogP) is 0.805. The molecule has 0 spiro atoms. The summed E-state index contributed by atoms with van der Waals surface area (Å²) in [5, 5.41) is 0. The quantitative estimate of drug-likeness (QED) is 0.359. The van der Waals surface area contributed by atoms with E-state index < -0.39 is 0 Å². The van der Waals surface area contributed by atoms with Crippen LogP contribution >= 0.6 is 0 Å². The van der Waals surface area contributed by atoms with Gasteiger partial charge in [-0.05, 0) is 0 Å². The van der Waals surface area contributed by atoms with Crippen LogP contribution in [0.5, 0.6) is 0 Å². The average molecular weight is 85.1 g/mol. The lowest BCUT2D eigenvalue weighted by atomic mass is 11.0. The van der Waals surface area contributed by atoms with Crippen molar-refractivity contribution in [2.75, 3.05) is 7.11 Å². The summed E-state index contributed by atoms with van der Waals surface area (Å²) in [5.74, 6) is 0. The van der Waals surface area contributed by atoms with E-state index in [4.69, 9.17) is 0 Å². The number of methoxy groups -OCH3 is 1. The molecule has 0 aromatic rings. The molecule has 0 heterocycles. The summed E-state index contributed by atoms with van der Waals surface area (Å²) in [4.78, 5) is 3.51. The zero-order valence-electron chi connectivity index (χ0n) is 3.72. The molecule has 6 heavy (non-hydrogen) atoms. The van der Waals surface area contributed by atoms with E-state index in [-0.39, 0.29) is 0 Å². The Morgan fingerprint density at radius 1 is 1.83 bits per heavy atom. The van der Waals surface area contributed by atoms with Gasteiger partial charge in [0.15, 0.2) is 6.40 Å². The van der Waals surface area contributed by atoms with Crippen molar-refractivity contribution in [3.05, 3.63) is 12.8 Å². The van der Waals surface area contributed by atoms with Crippen molar-refractivity contribution in [2.45, 2.75) is 0 Å². The summed E-state index contributed by atoms with van der Waals surface area (Å²) < 4.78 is 4.42. The van der Waals surface area contributed by atoms with Crippen LogP contribution in [0.1, 0.15) is 0 Å². The predicted molar refractivity (Wildman–Crippen MR) is 25.7 cm³/mol. The molecule has 0 N–H and O–H groups in total. The van der Waals surface area contributed by atoms with Gasteiger partial charge in [0.05, 0.1) is 7.11 Å². The Balaban J connectivity index is 2.94. The molecule has 2 nitrogen and oxygen atoms in total. The molecule has 0 amide bonds. The van der Waals surface area contributed by atoms with E-state index >= 15 is 0 Å². The first kappa shape index (κ1) is 5.21. The molecule has 0 atom stereocenters. The lowest BCUT2D eigenvalue weighted by Gasteiger charge is -1.76. The third kappa shape index (κ3) is 3.21. The van der Waals surface area contributed by atoms with Crippen molar-refractivity contribution < 1.29 is 4.74 Å². The fraction of sp³-hybridized carbons (Fsp3) is 0.250. The third-order valence-electron chi connectivity index (χ3n) is 0.272. The molecule has 34 valence electrons. The molecule has 0 aliphatic carbocycles. The van der Waals surface area contributed by atoms with Gasteiger partial charge < -0.3 is 4.74 Å². The van der Waals surface area contributed by atoms with Crippen LogP contribution in [0.25, 0.3) is 0 Å². The van der Waals surface area contributed by atoms with E-state index in [0.717, 1.165) is 0 Å². The van der Waals surface area contributed by atoms with E-state index in [1.807, 2.05) is 0 Å². The first-order valence-electron chi connectivity index (χ1n) is 1.57. The molecule has 0 unspecified atom stereocenters. The molecular formula is C4H7NO. The third-order valence-corrected chi connectivity index (χ3v) is 0.272. The van der Waals surface area contributed by atoms with Gasteiger partial charge >= 0.3 is 0 Å². The normalized spacial score (nSPS) is 8.83. The fourth-order valence-corrected chi connectivity index (χ4v) is 0.104. The van der Waals surface area contributed by atoms with E-state index in [9.17, 15) is 0 Å². The van der Waals surface area contributed by atoms with Gasteiger partial charge in [0.25, 0.3) is 0 Å². The van der Waals surface area contributed by atoms with Gasteiger partial charge in [-0.15, -0.1) is 0 Å². The highest BCUT2D eigenvalue weighted by molar-refractivity contribution is 5.46. The van der Waals surface area contributed by atoms with E-state index in [2.05, 4.69) is 16.3 Å². The second-order valence-corrected chi connectivity index (χ2v) is 0.673. The maximum Gasteiger partial charge on any atom is 0.173 e. The number of rotatable bonds is 2. The molecule has 0 aromatic carbocycles. The summed E-state index contributed by atoms with van der Waals surface area (Å²) in [6.07, 6.45) is 2.72. The van der Waals surface area contributed by atoms with E-state index in [0.29, 0.717) is 0 Å². The van der Waals surface area contributed by atoms with Gasteiger partial charge in [0.1, 0.15) is 0 Å². The summed E-state index contributed by atoms with van der Waals surface area (Å²) >= 11 is 0. The standard InChI is InChI=1S/C4H7NO/c1-3-5-4-6-2/h3-4H,1H2,2H3. The molecule has 0 saturated heterocycles. The number of ether oxygens (including phenoxy) is 1. The Morgan fingerprint density at radius 2 is 2.50 bits per heavy atom. The van der Waals surface area contributed by atoms with Crippen LogP contribution in [0.15, 0.2) is 17.8 Å². The average Bonchev–Trinajstić information content (AvgIpc) is 1.61. The van der Waals surface area contributed by atoms with Crippen LogP contribution in [0, 0.1) is 0 Å². The van der Waals surface area contributed by atoms with Crippen LogP contribution in [-0.4, -0.2) is 13.5 Å². The lowest BCUT2D eigenvalue weighted by Crippen LogP contribution is -1.70. The number of hydrogen-bond acceptors (Lipinski definition) is 2. The van der Waals surface area contributed by atoms with Crippen molar-refractivity contribution in [3.8, 4) is 0 Å². The minimum atomic E-state index is 1.31. The van der Waals surface area contributed by atoms with E-state index in [1.54, 1.807) is 0 Å². The minimum Gasteiger partial charge on any atom is -0.486 e. The Kier molecular flexibility index (Phi) is 3.66. The van der Waals surface area contributed by atoms with Crippen LogP contribution in [0.2, 0.25) is 0 Å². The first-order valence-corrected chi connectivity index (χ1v) is 1.57. The Hall–Kier alpha value is -0.790. The molecule has 0 rings (SSSR count). The highest BCUT2D eigenvalue weighted by Crippen LogP contribution is 1.60. The maximum atomic E-state index is 4.42. The first-order chi connectivity index (χ1) is 2.91. The van der Waals surface area contributed by atoms with Crippen LogP contribution in [0.4, 0.5) is 0 Å². The monoisotopic (exact) mass is 85.1 g/mol. The molecule has 0 saturated carbocycles. The van der Waals surface area contributed by atoms with Crippen molar-refractivity contribution >= 4 is 6.40 Å². The summed E-state index contributed by atoms with van der Waals surface area (Å²) in [7, 11) is 1.53. The topological polar surface area (TPSA) is 21.6 Å². The summed E-state index contributed by atoms with van der Waals surface area (Å²) in [5.41, 5.74) is 0. The van der Waals surface area contributed by atoms with Crippen LogP contribution in [-0.2, 0) is 4.74 Å². The Morgan fingerprint density at radius 3 is 2.67 bits per heavy atom. The van der Waals surface area contributed by atoms with Crippen molar-refractivity contribution in [2.24, 2.45) is 4.99 Å². The molecular weight excluding hydrogens is 78.0 g/mol. The molecule has 0 bridgehead atoms. The zero-order chi connectivity index (χ0) is 4.83. The second-order valence-electron chi connectivity index (χ2n) is 0.673. The van der Waals surface area contributed by atoms with Crippen LogP contribution in [0.3, 0.4) is 0 Å². The van der Waals surface area contributed by atoms with Crippen LogP contribution < -0.4 is 0 Å². The van der Waals surface area contributed by atoms with Gasteiger partial charge in [0, 0.05) is 6.20 Å².